The van der Waals surface area contributed by atoms with Crippen LogP contribution in [0.4, 0.5) is 9.18 Å². The van der Waals surface area contributed by atoms with Crippen LogP contribution in [0.15, 0.2) is 48.0 Å². The Kier molecular flexibility index (Phi) is 11.2. The number of nitrogens with one attached hydrogen (secondary N) is 3. The Morgan fingerprint density at radius 1 is 1.09 bits per heavy atom. The number of amides is 4. The monoisotopic (exact) mass is 798 g/mol. The van der Waals surface area contributed by atoms with Crippen LogP contribution in [0.1, 0.15) is 63.8 Å². The van der Waals surface area contributed by atoms with Crippen LogP contribution in [0.3, 0.4) is 0 Å². The molecule has 4 heterocycles. The van der Waals surface area contributed by atoms with Crippen molar-refractivity contribution in [3.05, 3.63) is 48.0 Å². The molecule has 55 heavy (non-hydrogen) atoms. The lowest BCUT2D eigenvalue weighted by Gasteiger charge is -2.29. The predicted molar refractivity (Wildman–Crippen MR) is 198 cm³/mol. The summed E-state index contributed by atoms with van der Waals surface area (Å²) in [6, 6.07) is 4.36. The molecule has 1 saturated heterocycles. The van der Waals surface area contributed by atoms with Crippen LogP contribution in [0, 0.1) is 5.92 Å². The Labute approximate surface area is 321 Å². The highest BCUT2D eigenvalue weighted by Gasteiger charge is 2.62. The lowest BCUT2D eigenvalue weighted by Crippen LogP contribution is -2.58. The van der Waals surface area contributed by atoms with Crippen LogP contribution in [-0.2, 0) is 29.1 Å². The van der Waals surface area contributed by atoms with E-state index < -0.39 is 82.0 Å². The summed E-state index contributed by atoms with van der Waals surface area (Å²) in [5, 5.41) is 16.9. The van der Waals surface area contributed by atoms with E-state index in [0.29, 0.717) is 54.2 Å². The van der Waals surface area contributed by atoms with Crippen LogP contribution in [0.2, 0.25) is 0 Å². The van der Waals surface area contributed by atoms with Gasteiger partial charge in [-0.15, -0.1) is 16.4 Å². The molecule has 2 aliphatic carbocycles. The number of allylic oxidation sites excluding steroid dienone is 1. The smallest absolute Gasteiger partial charge is 0.407 e. The first-order chi connectivity index (χ1) is 26.5. The molecule has 1 aromatic carbocycles. The van der Waals surface area contributed by atoms with Crippen molar-refractivity contribution in [2.75, 3.05) is 26.9 Å². The van der Waals surface area contributed by atoms with Gasteiger partial charge in [-0.1, -0.05) is 25.0 Å². The molecule has 0 unspecified atom stereocenters. The number of sulfonamides is 1. The highest BCUT2D eigenvalue weighted by Crippen LogP contribution is 2.46. The number of aromatic nitrogens is 4. The van der Waals surface area contributed by atoms with Gasteiger partial charge in [0, 0.05) is 36.0 Å². The molecule has 3 aromatic rings. The van der Waals surface area contributed by atoms with Gasteiger partial charge in [0.1, 0.15) is 53.0 Å². The number of nitrogens with zero attached hydrogens (tertiary/aromatic N) is 5. The summed E-state index contributed by atoms with van der Waals surface area (Å²) < 4.78 is 51.0. The van der Waals surface area contributed by atoms with Gasteiger partial charge in [-0.2, -0.15) is 9.90 Å². The number of alkyl carbamates (subject to hydrolysis) is 1. The molecule has 4 aliphatic rings. The van der Waals surface area contributed by atoms with Gasteiger partial charge in [-0.3, -0.25) is 19.1 Å². The van der Waals surface area contributed by atoms with E-state index in [0.717, 1.165) is 12.0 Å². The summed E-state index contributed by atoms with van der Waals surface area (Å²) in [5.74, 6) is -1.86. The summed E-state index contributed by atoms with van der Waals surface area (Å²) in [6.07, 6.45) is 8.45. The van der Waals surface area contributed by atoms with Crippen LogP contribution < -0.4 is 20.1 Å². The average Bonchev–Trinajstić information content (AvgIpc) is 3.93. The number of methoxy groups -OCH3 is 1. The van der Waals surface area contributed by atoms with Gasteiger partial charge >= 0.3 is 6.09 Å². The number of carbonyl (C=O) groups is 4. The summed E-state index contributed by atoms with van der Waals surface area (Å²) in [5.41, 5.74) is 0.209. The Hall–Kier alpha value is -4.91. The first-order valence-electron chi connectivity index (χ1n) is 18.4. The van der Waals surface area contributed by atoms with Crippen molar-refractivity contribution in [2.24, 2.45) is 5.92 Å². The van der Waals surface area contributed by atoms with Crippen molar-refractivity contribution in [2.45, 2.75) is 86.7 Å². The molecule has 0 radical (unpaired) electrons. The average molecular weight is 799 g/mol. The van der Waals surface area contributed by atoms with Crippen molar-refractivity contribution < 1.29 is 41.5 Å². The molecule has 2 aromatic heterocycles. The van der Waals surface area contributed by atoms with Gasteiger partial charge in [-0.25, -0.2) is 22.6 Å². The Morgan fingerprint density at radius 3 is 2.58 bits per heavy atom. The van der Waals surface area contributed by atoms with Crippen molar-refractivity contribution in [1.29, 1.82) is 0 Å². The maximum Gasteiger partial charge on any atom is 0.407 e. The number of carbonyl (C=O) groups excluding carboxylic acids is 4. The topological polar surface area (TPSA) is 204 Å². The molecule has 5 atom stereocenters. The minimum Gasteiger partial charge on any atom is -0.497 e. The SMILES string of the molecule is COc1ccc(-c2nn([C@@H]3C[C@H]4C(=O)N[C@]5(C(=O)NS(=O)(=O)C6CC6)C[C@H]5/C=C/CCCCC[C@@H](NC(=O)OCCF)C(=O)N4C3)nc2-c2nccs2)cc1. The number of thiazole rings is 1. The van der Waals surface area contributed by atoms with Crippen molar-refractivity contribution >= 4 is 45.2 Å². The van der Waals surface area contributed by atoms with Gasteiger partial charge in [-0.05, 0) is 62.8 Å². The van der Waals surface area contributed by atoms with Gasteiger partial charge in [0.2, 0.25) is 21.8 Å². The third-order valence-corrected chi connectivity index (χ3v) is 13.0. The fourth-order valence-corrected chi connectivity index (χ4v) is 9.16. The maximum atomic E-state index is 14.5. The molecule has 19 heteroatoms. The van der Waals surface area contributed by atoms with Crippen LogP contribution in [-0.4, -0.2) is 107 Å². The summed E-state index contributed by atoms with van der Waals surface area (Å²) in [4.78, 5) is 62.6. The Bertz CT molecular complexity index is 2040. The summed E-state index contributed by atoms with van der Waals surface area (Å²) in [6.45, 7) is -1.42. The third kappa shape index (κ3) is 8.36. The molecule has 294 valence electrons. The number of fused-ring (bicyclic) bond motifs is 2. The molecule has 3 fully saturated rings. The molecule has 0 bridgehead atoms. The van der Waals surface area contributed by atoms with Crippen LogP contribution in [0.5, 0.6) is 5.75 Å². The second-order valence-electron chi connectivity index (χ2n) is 14.2. The van der Waals surface area contributed by atoms with Gasteiger partial charge < -0.3 is 25.0 Å². The maximum absolute atomic E-state index is 14.5. The van der Waals surface area contributed by atoms with E-state index in [1.54, 1.807) is 25.4 Å². The molecule has 16 nitrogen and oxygen atoms in total. The van der Waals surface area contributed by atoms with Crippen LogP contribution in [0.25, 0.3) is 22.0 Å². The number of halogens is 1. The third-order valence-electron chi connectivity index (χ3n) is 10.4. The highest BCUT2D eigenvalue weighted by atomic mass is 32.2. The largest absolute Gasteiger partial charge is 0.497 e. The molecule has 2 aliphatic heterocycles. The second kappa shape index (κ2) is 16.1. The zero-order chi connectivity index (χ0) is 38.7. The molecule has 4 amide bonds. The van der Waals surface area contributed by atoms with Crippen molar-refractivity contribution in [1.82, 2.24) is 40.2 Å². The number of alkyl halides is 1. The molecule has 0 spiro atoms. The summed E-state index contributed by atoms with van der Waals surface area (Å²) >= 11 is 1.37. The van der Waals surface area contributed by atoms with E-state index >= 15 is 0 Å². The van der Waals surface area contributed by atoms with Crippen molar-refractivity contribution in [3.8, 4) is 27.7 Å². The standard InChI is InChI=1S/C36H43FN8O8S2/c1-52-25-11-9-22(10-12-25)29-30(32-38-16-18-54-32)42-45(41-29)24-19-28-31(46)40-36(34(48)43-55(50,51)26-13-14-26)20-23(36)7-5-3-2-4-6-8-27(33(47)44(28)21-24)39-35(49)53-17-15-37/h5,7,9-12,16,18,23-24,26-28H,2-4,6,8,13-15,17,19-21H2,1H3,(H,39,49)(H,40,46)(H,43,48)/b7-5+/t23-,24-,27-,28+,36-/m1/s1. The first-order valence-corrected chi connectivity index (χ1v) is 20.8. The number of hydrogen-bond acceptors (Lipinski definition) is 12. The number of ether oxygens (including phenoxy) is 2. The normalized spacial score (nSPS) is 26.4. The molecule has 3 N–H and O–H groups in total. The minimum absolute atomic E-state index is 0.0310. The quantitative estimate of drug-likeness (QED) is 0.254. The fourth-order valence-electron chi connectivity index (χ4n) is 7.17. The van der Waals surface area contributed by atoms with E-state index in [2.05, 4.69) is 20.3 Å². The zero-order valence-electron chi connectivity index (χ0n) is 30.2. The Morgan fingerprint density at radius 2 is 1.87 bits per heavy atom. The van der Waals surface area contributed by atoms with E-state index in [1.807, 2.05) is 29.7 Å². The first kappa shape index (κ1) is 38.4. The van der Waals surface area contributed by atoms with Crippen molar-refractivity contribution in [3.63, 3.8) is 0 Å². The zero-order valence-corrected chi connectivity index (χ0v) is 31.8. The van der Waals surface area contributed by atoms with E-state index in [4.69, 9.17) is 19.7 Å². The van der Waals surface area contributed by atoms with Gasteiger partial charge in [0.05, 0.1) is 18.4 Å². The highest BCUT2D eigenvalue weighted by molar-refractivity contribution is 7.91. The van der Waals surface area contributed by atoms with E-state index in [9.17, 15) is 32.0 Å². The number of hydrogen-bond donors (Lipinski definition) is 3. The predicted octanol–water partition coefficient (Wildman–Crippen LogP) is 3.29. The van der Waals surface area contributed by atoms with E-state index in [-0.39, 0.29) is 25.8 Å². The second-order valence-corrected chi connectivity index (χ2v) is 17.1. The Balaban J connectivity index is 1.23. The van der Waals surface area contributed by atoms with Gasteiger partial charge in [0.15, 0.2) is 0 Å². The molecular weight excluding hydrogens is 756 g/mol. The summed E-state index contributed by atoms with van der Waals surface area (Å²) in [7, 11) is -2.35. The lowest BCUT2D eigenvalue weighted by molar-refractivity contribution is -0.141. The van der Waals surface area contributed by atoms with Crippen LogP contribution >= 0.6 is 11.3 Å². The molecule has 7 rings (SSSR count). The molecular formula is C36H43FN8O8S2. The van der Waals surface area contributed by atoms with Gasteiger partial charge in [0.25, 0.3) is 5.91 Å². The lowest BCUT2D eigenvalue weighted by atomic mass is 10.0. The van der Waals surface area contributed by atoms with E-state index in [1.165, 1.54) is 21.0 Å². The number of benzene rings is 1. The number of rotatable bonds is 10. The molecule has 2 saturated carbocycles. The minimum atomic E-state index is -3.92. The fraction of sp³-hybridized carbons (Fsp3) is 0.528.